The van der Waals surface area contributed by atoms with Gasteiger partial charge in [-0.3, -0.25) is 0 Å². The fourth-order valence-electron chi connectivity index (χ4n) is 2.86. The van der Waals surface area contributed by atoms with Gasteiger partial charge < -0.3 is 15.0 Å². The summed E-state index contributed by atoms with van der Waals surface area (Å²) in [5.41, 5.74) is 1.70. The number of hydrogen-bond acceptors (Lipinski definition) is 4. The van der Waals surface area contributed by atoms with Gasteiger partial charge in [0.05, 0.1) is 12.7 Å². The van der Waals surface area contributed by atoms with Crippen LogP contribution in [0.5, 0.6) is 0 Å². The molecule has 1 aliphatic heterocycles. The maximum absolute atomic E-state index is 12.1. The second-order valence-electron chi connectivity index (χ2n) is 5.52. The summed E-state index contributed by atoms with van der Waals surface area (Å²) in [5, 5.41) is 4.83. The first-order chi connectivity index (χ1) is 10.6. The molecule has 0 radical (unpaired) electrons. The van der Waals surface area contributed by atoms with E-state index in [1.165, 1.54) is 32.8 Å². The van der Waals surface area contributed by atoms with E-state index in [2.05, 4.69) is 17.1 Å². The lowest BCUT2D eigenvalue weighted by Crippen LogP contribution is -2.35. The number of methoxy groups -OCH3 is 1. The van der Waals surface area contributed by atoms with Crippen LogP contribution < -0.4 is 5.32 Å². The average Bonchev–Trinajstić information content (AvgIpc) is 2.71. The molecule has 1 aliphatic rings. The predicted octanol–water partition coefficient (Wildman–Crippen LogP) is 3.98. The van der Waals surface area contributed by atoms with Crippen LogP contribution >= 0.6 is 23.6 Å². The Balaban J connectivity index is 2.21. The maximum Gasteiger partial charge on any atom is 0.341 e. The Morgan fingerprint density at radius 3 is 2.50 bits per heavy atom. The molecular weight excluding hydrogens is 316 g/mol. The van der Waals surface area contributed by atoms with E-state index in [-0.39, 0.29) is 5.97 Å². The number of thiocarbonyl (C=S) groups is 1. The molecule has 0 aromatic carbocycles. The normalized spacial score (nSPS) is 15.3. The standard InChI is InChI=1S/C16H24N2O2S2/c1-4-12-11(2)22-14(13(12)15(19)20-3)17-16(21)18-9-7-5-6-8-10-18/h4-10H2,1-3H3,(H,17,21). The van der Waals surface area contributed by atoms with Crippen molar-refractivity contribution in [3.05, 3.63) is 16.0 Å². The number of nitrogens with zero attached hydrogens (tertiary/aromatic N) is 1. The van der Waals surface area contributed by atoms with Gasteiger partial charge in [-0.15, -0.1) is 11.3 Å². The average molecular weight is 341 g/mol. The number of nitrogens with one attached hydrogen (secondary N) is 1. The minimum absolute atomic E-state index is 0.289. The van der Waals surface area contributed by atoms with Gasteiger partial charge in [-0.1, -0.05) is 19.8 Å². The Kier molecular flexibility index (Phi) is 6.20. The number of ether oxygens (including phenoxy) is 1. The summed E-state index contributed by atoms with van der Waals surface area (Å²) < 4.78 is 4.95. The predicted molar refractivity (Wildman–Crippen MR) is 96.0 cm³/mol. The highest BCUT2D eigenvalue weighted by molar-refractivity contribution is 7.80. The number of carbonyl (C=O) groups excluding carboxylic acids is 1. The number of esters is 1. The zero-order valence-corrected chi connectivity index (χ0v) is 15.2. The van der Waals surface area contributed by atoms with Gasteiger partial charge in [0, 0.05) is 18.0 Å². The molecule has 0 aliphatic carbocycles. The quantitative estimate of drug-likeness (QED) is 0.666. The zero-order valence-electron chi connectivity index (χ0n) is 13.5. The number of likely N-dealkylation sites (tertiary alicyclic amines) is 1. The van der Waals surface area contributed by atoms with Crippen LogP contribution in [-0.4, -0.2) is 36.2 Å². The second kappa shape index (κ2) is 7.92. The van der Waals surface area contributed by atoms with Crippen LogP contribution in [0.2, 0.25) is 0 Å². The largest absolute Gasteiger partial charge is 0.465 e. The van der Waals surface area contributed by atoms with Gasteiger partial charge >= 0.3 is 5.97 Å². The second-order valence-corrected chi connectivity index (χ2v) is 7.13. The molecule has 6 heteroatoms. The summed E-state index contributed by atoms with van der Waals surface area (Å²) in [7, 11) is 1.42. The van der Waals surface area contributed by atoms with Crippen LogP contribution in [0.25, 0.3) is 0 Å². The minimum Gasteiger partial charge on any atom is -0.465 e. The number of anilines is 1. The van der Waals surface area contributed by atoms with E-state index < -0.39 is 0 Å². The van der Waals surface area contributed by atoms with E-state index in [4.69, 9.17) is 17.0 Å². The minimum atomic E-state index is -0.289. The fourth-order valence-corrected chi connectivity index (χ4v) is 4.34. The highest BCUT2D eigenvalue weighted by Crippen LogP contribution is 2.34. The number of hydrogen-bond donors (Lipinski definition) is 1. The van der Waals surface area contributed by atoms with E-state index in [1.807, 2.05) is 6.92 Å². The topological polar surface area (TPSA) is 41.6 Å². The summed E-state index contributed by atoms with van der Waals surface area (Å²) in [6.07, 6.45) is 5.70. The molecule has 1 saturated heterocycles. The molecule has 2 heterocycles. The number of aryl methyl sites for hydroxylation is 1. The summed E-state index contributed by atoms with van der Waals surface area (Å²) in [6.45, 7) is 6.07. The monoisotopic (exact) mass is 340 g/mol. The highest BCUT2D eigenvalue weighted by atomic mass is 32.1. The molecule has 0 saturated carbocycles. The first-order valence-corrected chi connectivity index (χ1v) is 9.07. The smallest absolute Gasteiger partial charge is 0.341 e. The third-order valence-electron chi connectivity index (χ3n) is 4.07. The van der Waals surface area contributed by atoms with Crippen LogP contribution in [0.3, 0.4) is 0 Å². The van der Waals surface area contributed by atoms with E-state index in [0.29, 0.717) is 5.56 Å². The van der Waals surface area contributed by atoms with Crippen molar-refractivity contribution < 1.29 is 9.53 Å². The Labute approximate surface area is 141 Å². The lowest BCUT2D eigenvalue weighted by atomic mass is 10.1. The van der Waals surface area contributed by atoms with Gasteiger partial charge in [0.2, 0.25) is 0 Å². The molecule has 0 bridgehead atoms. The third kappa shape index (κ3) is 3.79. The Hall–Kier alpha value is -1.14. The van der Waals surface area contributed by atoms with E-state index >= 15 is 0 Å². The van der Waals surface area contributed by atoms with Crippen LogP contribution in [0, 0.1) is 6.92 Å². The molecule has 1 N–H and O–H groups in total. The van der Waals surface area contributed by atoms with Crippen molar-refractivity contribution in [3.8, 4) is 0 Å². The molecule has 0 atom stereocenters. The van der Waals surface area contributed by atoms with Gasteiger partial charge in [0.25, 0.3) is 0 Å². The first kappa shape index (κ1) is 17.2. The van der Waals surface area contributed by atoms with E-state index in [0.717, 1.165) is 40.1 Å². The molecule has 22 heavy (non-hydrogen) atoms. The Bertz CT molecular complexity index is 547. The molecule has 1 aromatic heterocycles. The zero-order chi connectivity index (χ0) is 16.1. The van der Waals surface area contributed by atoms with Crippen LogP contribution in [0.4, 0.5) is 5.00 Å². The number of carbonyl (C=O) groups is 1. The molecule has 1 aromatic rings. The molecule has 2 rings (SSSR count). The van der Waals surface area contributed by atoms with Crippen molar-refractivity contribution >= 4 is 39.6 Å². The first-order valence-electron chi connectivity index (χ1n) is 7.85. The summed E-state index contributed by atoms with van der Waals surface area (Å²) in [4.78, 5) is 15.5. The lowest BCUT2D eigenvalue weighted by molar-refractivity contribution is 0.0601. The SMILES string of the molecule is CCc1c(C)sc(NC(=S)N2CCCCCC2)c1C(=O)OC. The fraction of sp³-hybridized carbons (Fsp3) is 0.625. The molecule has 122 valence electrons. The lowest BCUT2D eigenvalue weighted by Gasteiger charge is -2.23. The van der Waals surface area contributed by atoms with Crippen molar-refractivity contribution in [3.63, 3.8) is 0 Å². The summed E-state index contributed by atoms with van der Waals surface area (Å²) >= 11 is 7.14. The van der Waals surface area contributed by atoms with Crippen LogP contribution in [-0.2, 0) is 11.2 Å². The molecule has 0 spiro atoms. The van der Waals surface area contributed by atoms with Gasteiger partial charge in [0.1, 0.15) is 5.00 Å². The maximum atomic E-state index is 12.1. The third-order valence-corrected chi connectivity index (χ3v) is 5.49. The Morgan fingerprint density at radius 1 is 1.32 bits per heavy atom. The number of thiophene rings is 1. The number of rotatable bonds is 3. The van der Waals surface area contributed by atoms with Gasteiger partial charge in [-0.25, -0.2) is 4.79 Å². The van der Waals surface area contributed by atoms with Crippen LogP contribution in [0.1, 0.15) is 53.4 Å². The van der Waals surface area contributed by atoms with E-state index in [1.54, 1.807) is 11.3 Å². The van der Waals surface area contributed by atoms with Crippen molar-refractivity contribution in [1.29, 1.82) is 0 Å². The van der Waals surface area contributed by atoms with Gasteiger partial charge in [-0.2, -0.15) is 0 Å². The Morgan fingerprint density at radius 2 is 1.95 bits per heavy atom. The molecular formula is C16H24N2O2S2. The van der Waals surface area contributed by atoms with Crippen molar-refractivity contribution in [1.82, 2.24) is 4.90 Å². The van der Waals surface area contributed by atoms with Gasteiger partial charge in [0.15, 0.2) is 5.11 Å². The van der Waals surface area contributed by atoms with Crippen molar-refractivity contribution in [2.24, 2.45) is 0 Å². The molecule has 4 nitrogen and oxygen atoms in total. The molecule has 1 fully saturated rings. The summed E-state index contributed by atoms with van der Waals surface area (Å²) in [5.74, 6) is -0.289. The molecule has 0 unspecified atom stereocenters. The van der Waals surface area contributed by atoms with Gasteiger partial charge in [-0.05, 0) is 44.0 Å². The highest BCUT2D eigenvalue weighted by Gasteiger charge is 2.23. The van der Waals surface area contributed by atoms with Crippen molar-refractivity contribution in [2.75, 3.05) is 25.5 Å². The van der Waals surface area contributed by atoms with Crippen LogP contribution in [0.15, 0.2) is 0 Å². The van der Waals surface area contributed by atoms with E-state index in [9.17, 15) is 4.79 Å². The molecule has 0 amide bonds. The summed E-state index contributed by atoms with van der Waals surface area (Å²) in [6, 6.07) is 0. The van der Waals surface area contributed by atoms with Crippen molar-refractivity contribution in [2.45, 2.75) is 46.0 Å².